The molecule has 3 rings (SSSR count). The van der Waals surface area contributed by atoms with Gasteiger partial charge >= 0.3 is 0 Å². The molecule has 1 aromatic heterocycles. The molecule has 0 aliphatic rings. The molecule has 3 aromatic rings. The summed E-state index contributed by atoms with van der Waals surface area (Å²) in [6.45, 7) is 4.11. The smallest absolute Gasteiger partial charge is 0.134 e. The zero-order chi connectivity index (χ0) is 16.2. The lowest BCUT2D eigenvalue weighted by molar-refractivity contribution is 1.36. The van der Waals surface area contributed by atoms with E-state index in [9.17, 15) is 5.26 Å². The van der Waals surface area contributed by atoms with Crippen LogP contribution in [0.2, 0.25) is 0 Å². The van der Waals surface area contributed by atoms with Crippen molar-refractivity contribution in [3.63, 3.8) is 0 Å². The van der Waals surface area contributed by atoms with E-state index in [0.717, 1.165) is 27.4 Å². The molecule has 0 unspecified atom stereocenters. The van der Waals surface area contributed by atoms with Crippen molar-refractivity contribution in [3.8, 4) is 17.3 Å². The molecule has 2 aromatic carbocycles. The maximum Gasteiger partial charge on any atom is 0.134 e. The molecule has 0 amide bonds. The number of aromatic nitrogens is 1. The molecule has 112 valence electrons. The number of hydrogen-bond donors (Lipinski definition) is 0. The van der Waals surface area contributed by atoms with Crippen LogP contribution in [0.1, 0.15) is 21.7 Å². The summed E-state index contributed by atoms with van der Waals surface area (Å²) in [6, 6.07) is 18.6. The Balaban J connectivity index is 1.96. The molecule has 0 spiro atoms. The number of rotatable bonds is 3. The zero-order valence-electron chi connectivity index (χ0n) is 13.1. The van der Waals surface area contributed by atoms with Gasteiger partial charge in [0, 0.05) is 10.9 Å². The summed E-state index contributed by atoms with van der Waals surface area (Å²) in [5, 5.41) is 12.3. The van der Waals surface area contributed by atoms with Crippen molar-refractivity contribution < 1.29 is 0 Å². The Morgan fingerprint density at radius 1 is 1.09 bits per heavy atom. The van der Waals surface area contributed by atoms with E-state index in [1.54, 1.807) is 0 Å². The largest absolute Gasteiger partial charge is 0.235 e. The molecule has 0 N–H and O–H groups in total. The second-order valence-electron chi connectivity index (χ2n) is 5.43. The fraction of sp³-hybridized carbons (Fsp3) is 0.100. The van der Waals surface area contributed by atoms with E-state index in [-0.39, 0.29) is 0 Å². The Morgan fingerprint density at radius 3 is 2.52 bits per heavy atom. The quantitative estimate of drug-likeness (QED) is 0.599. The molecule has 1 heterocycles. The molecule has 0 atom stereocenters. The van der Waals surface area contributed by atoms with Gasteiger partial charge in [0.25, 0.3) is 0 Å². The van der Waals surface area contributed by atoms with Crippen LogP contribution in [-0.4, -0.2) is 4.98 Å². The average molecular weight is 316 g/mol. The first kappa shape index (κ1) is 15.2. The van der Waals surface area contributed by atoms with Crippen LogP contribution in [0.4, 0.5) is 0 Å². The molecule has 0 saturated carbocycles. The highest BCUT2D eigenvalue weighted by Crippen LogP contribution is 2.27. The third kappa shape index (κ3) is 3.39. The summed E-state index contributed by atoms with van der Waals surface area (Å²) in [5.41, 5.74) is 6.01. The number of aryl methyl sites for hydroxylation is 2. The lowest BCUT2D eigenvalue weighted by Gasteiger charge is -2.00. The number of hydrogen-bond acceptors (Lipinski definition) is 3. The fourth-order valence-corrected chi connectivity index (χ4v) is 3.10. The van der Waals surface area contributed by atoms with Gasteiger partial charge in [-0.25, -0.2) is 4.98 Å². The summed E-state index contributed by atoms with van der Waals surface area (Å²) in [4.78, 5) is 4.63. The molecule has 0 bridgehead atoms. The Hall–Kier alpha value is -2.70. The lowest BCUT2D eigenvalue weighted by Crippen LogP contribution is -1.85. The Bertz CT molecular complexity index is 896. The van der Waals surface area contributed by atoms with Crippen LogP contribution in [0.15, 0.2) is 53.9 Å². The first-order chi connectivity index (χ1) is 11.2. The lowest BCUT2D eigenvalue weighted by atomic mass is 10.1. The van der Waals surface area contributed by atoms with Crippen LogP contribution in [0.25, 0.3) is 22.9 Å². The Morgan fingerprint density at radius 2 is 1.83 bits per heavy atom. The van der Waals surface area contributed by atoms with E-state index in [4.69, 9.17) is 0 Å². The highest BCUT2D eigenvalue weighted by atomic mass is 32.1. The maximum absolute atomic E-state index is 9.50. The third-order valence-corrected chi connectivity index (χ3v) is 4.57. The van der Waals surface area contributed by atoms with Gasteiger partial charge in [-0.15, -0.1) is 11.3 Å². The predicted molar refractivity (Wildman–Crippen MR) is 97.0 cm³/mol. The number of nitriles is 1. The van der Waals surface area contributed by atoms with E-state index < -0.39 is 0 Å². The molecule has 3 heteroatoms. The van der Waals surface area contributed by atoms with Crippen LogP contribution < -0.4 is 0 Å². The van der Waals surface area contributed by atoms with Crippen LogP contribution >= 0.6 is 11.3 Å². The molecule has 0 aliphatic heterocycles. The number of nitrogens with zero attached hydrogens (tertiary/aromatic N) is 2. The van der Waals surface area contributed by atoms with Gasteiger partial charge in [-0.3, -0.25) is 0 Å². The van der Waals surface area contributed by atoms with Crippen LogP contribution in [0.3, 0.4) is 0 Å². The van der Waals surface area contributed by atoms with Crippen molar-refractivity contribution in [2.75, 3.05) is 0 Å². The Kier molecular flexibility index (Phi) is 4.36. The maximum atomic E-state index is 9.50. The minimum atomic E-state index is 0.600. The number of benzene rings is 2. The molecule has 0 aliphatic carbocycles. The van der Waals surface area contributed by atoms with Crippen molar-refractivity contribution in [3.05, 3.63) is 75.6 Å². The van der Waals surface area contributed by atoms with Crippen LogP contribution in [0, 0.1) is 25.2 Å². The topological polar surface area (TPSA) is 36.7 Å². The van der Waals surface area contributed by atoms with E-state index in [0.29, 0.717) is 5.57 Å². The summed E-state index contributed by atoms with van der Waals surface area (Å²) in [5.74, 6) is 0. The molecule has 0 radical (unpaired) electrons. The van der Waals surface area contributed by atoms with Crippen molar-refractivity contribution in [1.82, 2.24) is 4.98 Å². The summed E-state index contributed by atoms with van der Waals surface area (Å²) in [7, 11) is 0. The van der Waals surface area contributed by atoms with E-state index in [2.05, 4.69) is 42.2 Å². The normalized spacial score (nSPS) is 11.3. The monoisotopic (exact) mass is 316 g/mol. The van der Waals surface area contributed by atoms with Crippen molar-refractivity contribution >= 4 is 23.0 Å². The van der Waals surface area contributed by atoms with Crippen molar-refractivity contribution in [2.24, 2.45) is 0 Å². The molecule has 23 heavy (non-hydrogen) atoms. The standard InChI is InChI=1S/C20H16N2S/c1-14-7-9-16(10-8-14)19-13-23-20(22-19)18(12-21)11-17-6-4-3-5-15(17)2/h3-11,13H,1-2H3. The fourth-order valence-electron chi connectivity index (χ4n) is 2.30. The van der Waals surface area contributed by atoms with Gasteiger partial charge in [0.2, 0.25) is 0 Å². The summed E-state index contributed by atoms with van der Waals surface area (Å²) >= 11 is 1.50. The Labute approximate surface area is 140 Å². The van der Waals surface area contributed by atoms with Crippen LogP contribution in [0.5, 0.6) is 0 Å². The van der Waals surface area contributed by atoms with Gasteiger partial charge in [-0.1, -0.05) is 54.1 Å². The number of thiazole rings is 1. The van der Waals surface area contributed by atoms with E-state index in [1.807, 2.05) is 42.6 Å². The number of allylic oxidation sites excluding steroid dienone is 1. The predicted octanol–water partition coefficient (Wildman–Crippen LogP) is 5.49. The third-order valence-electron chi connectivity index (χ3n) is 3.69. The van der Waals surface area contributed by atoms with E-state index in [1.165, 1.54) is 16.9 Å². The first-order valence-electron chi connectivity index (χ1n) is 7.38. The second-order valence-corrected chi connectivity index (χ2v) is 6.29. The highest BCUT2D eigenvalue weighted by molar-refractivity contribution is 7.11. The highest BCUT2D eigenvalue weighted by Gasteiger charge is 2.09. The van der Waals surface area contributed by atoms with Crippen molar-refractivity contribution in [2.45, 2.75) is 13.8 Å². The van der Waals surface area contributed by atoms with Crippen LogP contribution in [-0.2, 0) is 0 Å². The van der Waals surface area contributed by atoms with E-state index >= 15 is 0 Å². The van der Waals surface area contributed by atoms with Gasteiger partial charge < -0.3 is 0 Å². The van der Waals surface area contributed by atoms with Gasteiger partial charge in [0.05, 0.1) is 11.3 Å². The molecule has 2 nitrogen and oxygen atoms in total. The van der Waals surface area contributed by atoms with Gasteiger partial charge in [-0.05, 0) is 31.1 Å². The summed E-state index contributed by atoms with van der Waals surface area (Å²) < 4.78 is 0. The molecule has 0 fully saturated rings. The minimum Gasteiger partial charge on any atom is -0.235 e. The molecular formula is C20H16N2S. The zero-order valence-corrected chi connectivity index (χ0v) is 13.9. The average Bonchev–Trinajstić information content (AvgIpc) is 3.04. The SMILES string of the molecule is Cc1ccc(-c2csc(C(C#N)=Cc3ccccc3C)n2)cc1. The van der Waals surface area contributed by atoms with Gasteiger partial charge in [0.15, 0.2) is 0 Å². The van der Waals surface area contributed by atoms with Gasteiger partial charge in [-0.2, -0.15) is 5.26 Å². The second kappa shape index (κ2) is 6.60. The molecule has 0 saturated heterocycles. The van der Waals surface area contributed by atoms with Gasteiger partial charge in [0.1, 0.15) is 11.1 Å². The first-order valence-corrected chi connectivity index (χ1v) is 8.26. The molecular weight excluding hydrogens is 300 g/mol. The minimum absolute atomic E-state index is 0.600. The summed E-state index contributed by atoms with van der Waals surface area (Å²) in [6.07, 6.45) is 1.91. The van der Waals surface area contributed by atoms with Crippen molar-refractivity contribution in [1.29, 1.82) is 5.26 Å².